The number of halogens is 1. The predicted octanol–water partition coefficient (Wildman–Crippen LogP) is 2.46. The van der Waals surface area contributed by atoms with Gasteiger partial charge in [0.05, 0.1) is 0 Å². The average Bonchev–Trinajstić information content (AvgIpc) is 3.08. The second-order valence-corrected chi connectivity index (χ2v) is 8.13. The van der Waals surface area contributed by atoms with E-state index in [1.54, 1.807) is 13.4 Å². The van der Waals surface area contributed by atoms with Gasteiger partial charge >= 0.3 is 6.09 Å². The van der Waals surface area contributed by atoms with Crippen molar-refractivity contribution in [2.24, 2.45) is 4.99 Å². The zero-order chi connectivity index (χ0) is 20.6. The fourth-order valence-electron chi connectivity index (χ4n) is 3.28. The van der Waals surface area contributed by atoms with Crippen LogP contribution < -0.4 is 16.0 Å². The van der Waals surface area contributed by atoms with Crippen LogP contribution in [0.15, 0.2) is 11.3 Å². The average molecular weight is 521 g/mol. The number of hydrogen-bond donors (Lipinski definition) is 3. The van der Waals surface area contributed by atoms with Crippen molar-refractivity contribution in [3.05, 3.63) is 12.2 Å². The number of alkyl carbamates (subject to hydrolysis) is 1. The minimum atomic E-state index is -0.467. The highest BCUT2D eigenvalue weighted by Crippen LogP contribution is 2.19. The maximum atomic E-state index is 11.9. The number of hydrogen-bond acceptors (Lipinski definition) is 5. The third-order valence-electron chi connectivity index (χ3n) is 4.67. The molecule has 2 rings (SSSR count). The normalized spacial score (nSPS) is 19.8. The maximum absolute atomic E-state index is 11.9. The van der Waals surface area contributed by atoms with E-state index < -0.39 is 5.60 Å². The first-order valence-electron chi connectivity index (χ1n) is 10.1. The topological polar surface area (TPSA) is 105 Å². The molecule has 166 valence electrons. The molecule has 9 nitrogen and oxygen atoms in total. The van der Waals surface area contributed by atoms with Crippen LogP contribution in [0.4, 0.5) is 4.79 Å². The molecule has 1 saturated carbocycles. The molecule has 0 aromatic carbocycles. The zero-order valence-electron chi connectivity index (χ0n) is 18.2. The Balaban J connectivity index is 0.00000420. The molecule has 1 heterocycles. The minimum Gasteiger partial charge on any atom is -0.444 e. The molecule has 1 fully saturated rings. The van der Waals surface area contributed by atoms with Gasteiger partial charge in [0.2, 0.25) is 0 Å². The van der Waals surface area contributed by atoms with Gasteiger partial charge in [-0.1, -0.05) is 6.92 Å². The highest BCUT2D eigenvalue weighted by Gasteiger charge is 2.25. The van der Waals surface area contributed by atoms with Crippen molar-refractivity contribution >= 4 is 36.0 Å². The largest absolute Gasteiger partial charge is 0.444 e. The van der Waals surface area contributed by atoms with Crippen LogP contribution >= 0.6 is 24.0 Å². The Morgan fingerprint density at radius 2 is 1.86 bits per heavy atom. The molecule has 0 unspecified atom stereocenters. The second-order valence-electron chi connectivity index (χ2n) is 8.13. The Hall–Kier alpha value is -1.59. The third kappa shape index (κ3) is 9.18. The van der Waals surface area contributed by atoms with Gasteiger partial charge in [0, 0.05) is 38.6 Å². The molecular formula is C19H36IN7O2. The molecule has 1 aromatic rings. The first-order valence-corrected chi connectivity index (χ1v) is 10.1. The fraction of sp³-hybridized carbons (Fsp3) is 0.789. The van der Waals surface area contributed by atoms with Gasteiger partial charge in [0.1, 0.15) is 17.8 Å². The van der Waals surface area contributed by atoms with Crippen LogP contribution in [0.2, 0.25) is 0 Å². The van der Waals surface area contributed by atoms with E-state index in [0.717, 1.165) is 57.0 Å². The number of carbonyl (C=O) groups excluding carboxylic acids is 1. The summed E-state index contributed by atoms with van der Waals surface area (Å²) in [6.07, 6.45) is 6.10. The lowest BCUT2D eigenvalue weighted by Gasteiger charge is -2.31. The van der Waals surface area contributed by atoms with E-state index in [4.69, 9.17) is 4.74 Å². The lowest BCUT2D eigenvalue weighted by molar-refractivity contribution is 0.0490. The lowest BCUT2D eigenvalue weighted by atomic mass is 9.91. The van der Waals surface area contributed by atoms with Crippen molar-refractivity contribution in [3.8, 4) is 0 Å². The number of aliphatic imine (C=N–C) groups is 1. The molecule has 1 amide bonds. The van der Waals surface area contributed by atoms with Crippen LogP contribution in [-0.2, 0) is 17.7 Å². The standard InChI is InChI=1S/C19H35N7O2.HI/c1-6-16-25-22-13-26(16)12-11-21-17(20-5)23-14-7-9-15(10-8-14)24-18(27)28-19(2,3)4;/h13-15H,6-12H2,1-5H3,(H,24,27)(H2,20,21,23);1H. The third-order valence-corrected chi connectivity index (χ3v) is 4.67. The summed E-state index contributed by atoms with van der Waals surface area (Å²) in [5.74, 6) is 1.79. The van der Waals surface area contributed by atoms with Crippen molar-refractivity contribution < 1.29 is 9.53 Å². The minimum absolute atomic E-state index is 0. The monoisotopic (exact) mass is 521 g/mol. The number of nitrogens with zero attached hydrogens (tertiary/aromatic N) is 4. The highest BCUT2D eigenvalue weighted by atomic mass is 127. The zero-order valence-corrected chi connectivity index (χ0v) is 20.5. The molecular weight excluding hydrogens is 485 g/mol. The number of guanidine groups is 1. The Labute approximate surface area is 190 Å². The number of carbonyl (C=O) groups is 1. The Bertz CT molecular complexity index is 649. The van der Waals surface area contributed by atoms with Crippen molar-refractivity contribution in [3.63, 3.8) is 0 Å². The molecule has 29 heavy (non-hydrogen) atoms. The van der Waals surface area contributed by atoms with Gasteiger partial charge in [-0.2, -0.15) is 0 Å². The summed E-state index contributed by atoms with van der Waals surface area (Å²) in [6, 6.07) is 0.521. The van der Waals surface area contributed by atoms with Crippen LogP contribution in [-0.4, -0.2) is 58.1 Å². The number of rotatable bonds is 6. The number of ether oxygens (including phenoxy) is 1. The molecule has 0 radical (unpaired) electrons. The SMILES string of the molecule is CCc1nncn1CCNC(=NC)NC1CCC(NC(=O)OC(C)(C)C)CC1.I. The molecule has 1 aromatic heterocycles. The van der Waals surface area contributed by atoms with Crippen LogP contribution in [0.5, 0.6) is 0 Å². The summed E-state index contributed by atoms with van der Waals surface area (Å²) >= 11 is 0. The summed E-state index contributed by atoms with van der Waals surface area (Å²) < 4.78 is 7.38. The van der Waals surface area contributed by atoms with E-state index in [1.807, 2.05) is 25.3 Å². The van der Waals surface area contributed by atoms with Crippen molar-refractivity contribution in [2.75, 3.05) is 13.6 Å². The van der Waals surface area contributed by atoms with E-state index in [0.29, 0.717) is 6.04 Å². The van der Waals surface area contributed by atoms with Crippen molar-refractivity contribution in [1.29, 1.82) is 0 Å². The molecule has 1 aliphatic rings. The summed E-state index contributed by atoms with van der Waals surface area (Å²) in [6.45, 7) is 9.24. The molecule has 0 atom stereocenters. The Morgan fingerprint density at radius 1 is 1.24 bits per heavy atom. The fourth-order valence-corrected chi connectivity index (χ4v) is 3.28. The van der Waals surface area contributed by atoms with Gasteiger partial charge in [0.15, 0.2) is 5.96 Å². The van der Waals surface area contributed by atoms with Gasteiger partial charge in [-0.25, -0.2) is 4.79 Å². The second kappa shape index (κ2) is 12.2. The smallest absolute Gasteiger partial charge is 0.407 e. The summed E-state index contributed by atoms with van der Waals surface area (Å²) in [4.78, 5) is 16.2. The molecule has 3 N–H and O–H groups in total. The Morgan fingerprint density at radius 3 is 2.41 bits per heavy atom. The van der Waals surface area contributed by atoms with Crippen LogP contribution in [0.1, 0.15) is 59.2 Å². The maximum Gasteiger partial charge on any atom is 0.407 e. The number of aromatic nitrogens is 3. The summed E-state index contributed by atoms with van der Waals surface area (Å²) in [5.41, 5.74) is -0.467. The number of amides is 1. The van der Waals surface area contributed by atoms with Gasteiger partial charge in [0.25, 0.3) is 0 Å². The van der Waals surface area contributed by atoms with E-state index in [1.165, 1.54) is 0 Å². The van der Waals surface area contributed by atoms with E-state index in [-0.39, 0.29) is 36.1 Å². The lowest BCUT2D eigenvalue weighted by Crippen LogP contribution is -2.48. The van der Waals surface area contributed by atoms with Gasteiger partial charge in [-0.15, -0.1) is 34.2 Å². The van der Waals surface area contributed by atoms with Crippen LogP contribution in [0.3, 0.4) is 0 Å². The van der Waals surface area contributed by atoms with E-state index in [2.05, 4.69) is 38.1 Å². The Kier molecular flexibility index (Phi) is 10.7. The van der Waals surface area contributed by atoms with E-state index >= 15 is 0 Å². The van der Waals surface area contributed by atoms with Gasteiger partial charge in [-0.05, 0) is 46.5 Å². The van der Waals surface area contributed by atoms with Crippen molar-refractivity contribution in [2.45, 2.75) is 84.0 Å². The molecule has 10 heteroatoms. The van der Waals surface area contributed by atoms with Crippen LogP contribution in [0.25, 0.3) is 0 Å². The van der Waals surface area contributed by atoms with Gasteiger partial charge in [-0.3, -0.25) is 4.99 Å². The van der Waals surface area contributed by atoms with E-state index in [9.17, 15) is 4.79 Å². The predicted molar refractivity (Wildman–Crippen MR) is 125 cm³/mol. The molecule has 0 spiro atoms. The van der Waals surface area contributed by atoms with Crippen molar-refractivity contribution in [1.82, 2.24) is 30.7 Å². The first kappa shape index (κ1) is 25.4. The summed E-state index contributed by atoms with van der Waals surface area (Å²) in [7, 11) is 1.78. The molecule has 1 aliphatic carbocycles. The van der Waals surface area contributed by atoms with Gasteiger partial charge < -0.3 is 25.3 Å². The van der Waals surface area contributed by atoms with Crippen LogP contribution in [0, 0.1) is 0 Å². The number of aryl methyl sites for hydroxylation is 1. The number of nitrogens with one attached hydrogen (secondary N) is 3. The highest BCUT2D eigenvalue weighted by molar-refractivity contribution is 14.0. The molecule has 0 saturated heterocycles. The summed E-state index contributed by atoms with van der Waals surface area (Å²) in [5, 5.41) is 17.8. The quantitative estimate of drug-likeness (QED) is 0.302. The first-order chi connectivity index (χ1) is 13.3. The molecule has 0 bridgehead atoms. The molecule has 0 aliphatic heterocycles.